The molecule has 0 aromatic carbocycles. The largest absolute Gasteiger partial charge is 0.419 e. The van der Waals surface area contributed by atoms with Crippen molar-refractivity contribution in [1.29, 1.82) is 0 Å². The van der Waals surface area contributed by atoms with E-state index in [2.05, 4.69) is 20.9 Å². The van der Waals surface area contributed by atoms with Crippen LogP contribution in [-0.4, -0.2) is 23.4 Å². The first-order valence-electron chi connectivity index (χ1n) is 5.33. The number of anilines is 1. The Labute approximate surface area is 107 Å². The SMILES string of the molecule is CCN(CCCBr)c1ncccc1C(F)(F)F. The summed E-state index contributed by atoms with van der Waals surface area (Å²) in [5, 5.41) is 0.762. The molecular weight excluding hydrogens is 297 g/mol. The fourth-order valence-electron chi connectivity index (χ4n) is 1.53. The van der Waals surface area contributed by atoms with Crippen LogP contribution in [0.5, 0.6) is 0 Å². The van der Waals surface area contributed by atoms with Gasteiger partial charge in [0.1, 0.15) is 5.82 Å². The number of alkyl halides is 4. The monoisotopic (exact) mass is 310 g/mol. The standard InChI is InChI=1S/C11H14BrF3N2/c1-2-17(8-4-6-12)10-9(11(13,14)15)5-3-7-16-10/h3,5,7H,2,4,6,8H2,1H3. The van der Waals surface area contributed by atoms with E-state index in [4.69, 9.17) is 0 Å². The van der Waals surface area contributed by atoms with E-state index in [1.54, 1.807) is 4.90 Å². The summed E-state index contributed by atoms with van der Waals surface area (Å²) in [4.78, 5) is 5.50. The number of pyridine rings is 1. The molecule has 0 unspecified atom stereocenters. The minimum absolute atomic E-state index is 0.0171. The van der Waals surface area contributed by atoms with Gasteiger partial charge in [-0.25, -0.2) is 4.98 Å². The van der Waals surface area contributed by atoms with Crippen molar-refractivity contribution in [2.75, 3.05) is 23.3 Å². The van der Waals surface area contributed by atoms with E-state index in [0.29, 0.717) is 13.1 Å². The van der Waals surface area contributed by atoms with Gasteiger partial charge in [-0.3, -0.25) is 0 Å². The first kappa shape index (κ1) is 14.3. The van der Waals surface area contributed by atoms with Gasteiger partial charge in [0.15, 0.2) is 0 Å². The molecule has 1 aromatic rings. The Morgan fingerprint density at radius 2 is 2.12 bits per heavy atom. The Kier molecular flexibility index (Phi) is 5.24. The normalized spacial score (nSPS) is 11.6. The lowest BCUT2D eigenvalue weighted by Gasteiger charge is -2.24. The van der Waals surface area contributed by atoms with Crippen molar-refractivity contribution >= 4 is 21.7 Å². The van der Waals surface area contributed by atoms with Crippen molar-refractivity contribution in [3.63, 3.8) is 0 Å². The number of aromatic nitrogens is 1. The molecule has 0 aliphatic heterocycles. The number of rotatable bonds is 5. The fraction of sp³-hybridized carbons (Fsp3) is 0.545. The van der Waals surface area contributed by atoms with Crippen molar-refractivity contribution in [2.45, 2.75) is 19.5 Å². The molecule has 0 saturated carbocycles. The van der Waals surface area contributed by atoms with Crippen LogP contribution in [0.3, 0.4) is 0 Å². The van der Waals surface area contributed by atoms with Crippen LogP contribution < -0.4 is 4.90 Å². The van der Waals surface area contributed by atoms with E-state index in [9.17, 15) is 13.2 Å². The molecule has 1 rings (SSSR count). The Balaban J connectivity index is 3.02. The Hall–Kier alpha value is -0.780. The molecule has 0 atom stereocenters. The smallest absolute Gasteiger partial charge is 0.356 e. The summed E-state index contributed by atoms with van der Waals surface area (Å²) in [5.74, 6) is 0.0171. The molecule has 0 spiro atoms. The minimum Gasteiger partial charge on any atom is -0.356 e. The second-order valence-electron chi connectivity index (χ2n) is 3.49. The van der Waals surface area contributed by atoms with E-state index in [0.717, 1.165) is 17.8 Å². The average molecular weight is 311 g/mol. The van der Waals surface area contributed by atoms with Gasteiger partial charge in [-0.1, -0.05) is 15.9 Å². The quantitative estimate of drug-likeness (QED) is 0.771. The molecule has 0 bridgehead atoms. The van der Waals surface area contributed by atoms with Gasteiger partial charge in [-0.15, -0.1) is 0 Å². The maximum Gasteiger partial charge on any atom is 0.419 e. The van der Waals surface area contributed by atoms with Crippen LogP contribution in [0.1, 0.15) is 18.9 Å². The number of hydrogen-bond acceptors (Lipinski definition) is 2. The van der Waals surface area contributed by atoms with E-state index in [-0.39, 0.29) is 5.82 Å². The maximum atomic E-state index is 12.8. The lowest BCUT2D eigenvalue weighted by molar-refractivity contribution is -0.137. The highest BCUT2D eigenvalue weighted by Gasteiger charge is 2.35. The Morgan fingerprint density at radius 1 is 1.41 bits per heavy atom. The summed E-state index contributed by atoms with van der Waals surface area (Å²) in [6.45, 7) is 2.89. The Bertz CT molecular complexity index is 355. The molecule has 0 aliphatic carbocycles. The van der Waals surface area contributed by atoms with E-state index in [1.807, 2.05) is 6.92 Å². The number of hydrogen-bond donors (Lipinski definition) is 0. The van der Waals surface area contributed by atoms with E-state index >= 15 is 0 Å². The first-order chi connectivity index (χ1) is 8.00. The summed E-state index contributed by atoms with van der Waals surface area (Å²) in [5.41, 5.74) is -0.670. The van der Waals surface area contributed by atoms with E-state index < -0.39 is 11.7 Å². The molecule has 1 heterocycles. The molecule has 6 heteroatoms. The van der Waals surface area contributed by atoms with Gasteiger partial charge < -0.3 is 4.90 Å². The van der Waals surface area contributed by atoms with Gasteiger partial charge in [0.2, 0.25) is 0 Å². The number of halogens is 4. The molecule has 17 heavy (non-hydrogen) atoms. The van der Waals surface area contributed by atoms with Crippen LogP contribution in [0.4, 0.5) is 19.0 Å². The minimum atomic E-state index is -4.36. The Morgan fingerprint density at radius 3 is 2.65 bits per heavy atom. The van der Waals surface area contributed by atoms with Gasteiger partial charge in [-0.05, 0) is 25.5 Å². The predicted molar refractivity (Wildman–Crippen MR) is 65.5 cm³/mol. The van der Waals surface area contributed by atoms with Crippen LogP contribution in [0.15, 0.2) is 18.3 Å². The third-order valence-corrected chi connectivity index (χ3v) is 2.90. The summed E-state index contributed by atoms with van der Waals surface area (Å²) in [7, 11) is 0. The lowest BCUT2D eigenvalue weighted by atomic mass is 10.2. The van der Waals surface area contributed by atoms with Gasteiger partial charge in [0.25, 0.3) is 0 Å². The van der Waals surface area contributed by atoms with Gasteiger partial charge in [0.05, 0.1) is 5.56 Å². The molecule has 0 fully saturated rings. The van der Waals surface area contributed by atoms with Crippen molar-refractivity contribution < 1.29 is 13.2 Å². The van der Waals surface area contributed by atoms with Crippen LogP contribution in [0.25, 0.3) is 0 Å². The molecule has 2 nitrogen and oxygen atoms in total. The molecule has 0 saturated heterocycles. The highest BCUT2D eigenvalue weighted by atomic mass is 79.9. The topological polar surface area (TPSA) is 16.1 Å². The maximum absolute atomic E-state index is 12.8. The predicted octanol–water partition coefficient (Wildman–Crippen LogP) is 3.71. The van der Waals surface area contributed by atoms with Gasteiger partial charge >= 0.3 is 6.18 Å². The van der Waals surface area contributed by atoms with Crippen molar-refractivity contribution in [2.24, 2.45) is 0 Å². The fourth-order valence-corrected chi connectivity index (χ4v) is 1.79. The second-order valence-corrected chi connectivity index (χ2v) is 4.29. The third-order valence-electron chi connectivity index (χ3n) is 2.33. The second kappa shape index (κ2) is 6.23. The van der Waals surface area contributed by atoms with Crippen LogP contribution in [0, 0.1) is 0 Å². The molecule has 0 aliphatic rings. The molecule has 96 valence electrons. The zero-order valence-electron chi connectivity index (χ0n) is 9.47. The molecule has 0 amide bonds. The van der Waals surface area contributed by atoms with Gasteiger partial charge in [0, 0.05) is 24.6 Å². The number of nitrogens with zero attached hydrogens (tertiary/aromatic N) is 2. The first-order valence-corrected chi connectivity index (χ1v) is 6.46. The van der Waals surface area contributed by atoms with Crippen LogP contribution >= 0.6 is 15.9 Å². The lowest BCUT2D eigenvalue weighted by Crippen LogP contribution is -2.28. The summed E-state index contributed by atoms with van der Waals surface area (Å²) in [6.07, 6.45) is -2.19. The molecule has 1 aromatic heterocycles. The highest BCUT2D eigenvalue weighted by Crippen LogP contribution is 2.35. The van der Waals surface area contributed by atoms with Crippen molar-refractivity contribution in [3.05, 3.63) is 23.9 Å². The molecule has 0 N–H and O–H groups in total. The van der Waals surface area contributed by atoms with Crippen LogP contribution in [-0.2, 0) is 6.18 Å². The van der Waals surface area contributed by atoms with Gasteiger partial charge in [-0.2, -0.15) is 13.2 Å². The zero-order valence-corrected chi connectivity index (χ0v) is 11.1. The van der Waals surface area contributed by atoms with Crippen molar-refractivity contribution in [1.82, 2.24) is 4.98 Å². The molecule has 0 radical (unpaired) electrons. The summed E-state index contributed by atoms with van der Waals surface area (Å²) in [6, 6.07) is 2.38. The van der Waals surface area contributed by atoms with Crippen LogP contribution in [0.2, 0.25) is 0 Å². The summed E-state index contributed by atoms with van der Waals surface area (Å²) < 4.78 is 38.4. The highest BCUT2D eigenvalue weighted by molar-refractivity contribution is 9.09. The van der Waals surface area contributed by atoms with Crippen molar-refractivity contribution in [3.8, 4) is 0 Å². The summed E-state index contributed by atoms with van der Waals surface area (Å²) >= 11 is 3.27. The molecular formula is C11H14BrF3N2. The zero-order chi connectivity index (χ0) is 12.9. The average Bonchev–Trinajstić information content (AvgIpc) is 2.29. The van der Waals surface area contributed by atoms with E-state index in [1.165, 1.54) is 12.3 Å². The third kappa shape index (κ3) is 3.87.